The Hall–Kier alpha value is -1.59. The standard InChI is InChI=1S/C24H32Cl2N2O6S/c1-35(31,32)22-5-2-20(3-6-22)33-15-18(29)13-27-17-8-10-28(11-9-17)14-19(30)16-34-21-4-7-23(25)24(26)12-21/h2-7,12,17-19,27,29-30H,8-11,13-16H2,1H3/t18-,19-/m0/s1. The number of piperidine rings is 1. The van der Waals surface area contributed by atoms with Crippen LogP contribution in [0.25, 0.3) is 0 Å². The van der Waals surface area contributed by atoms with Crippen molar-refractivity contribution in [3.05, 3.63) is 52.5 Å². The third-order valence-corrected chi connectivity index (χ3v) is 7.59. The van der Waals surface area contributed by atoms with Gasteiger partial charge in [-0.15, -0.1) is 0 Å². The largest absolute Gasteiger partial charge is 0.491 e. The van der Waals surface area contributed by atoms with Crippen LogP contribution in [0.3, 0.4) is 0 Å². The van der Waals surface area contributed by atoms with Gasteiger partial charge >= 0.3 is 0 Å². The average Bonchev–Trinajstić information content (AvgIpc) is 2.83. The van der Waals surface area contributed by atoms with E-state index in [1.54, 1.807) is 30.3 Å². The van der Waals surface area contributed by atoms with Crippen molar-refractivity contribution >= 4 is 33.0 Å². The lowest BCUT2D eigenvalue weighted by atomic mass is 10.0. The molecule has 35 heavy (non-hydrogen) atoms. The zero-order valence-electron chi connectivity index (χ0n) is 19.6. The Bertz CT molecular complexity index is 1050. The van der Waals surface area contributed by atoms with Crippen molar-refractivity contribution in [3.8, 4) is 11.5 Å². The molecule has 2 atom stereocenters. The van der Waals surface area contributed by atoms with Gasteiger partial charge < -0.3 is 29.9 Å². The molecule has 3 N–H and O–H groups in total. The maximum Gasteiger partial charge on any atom is 0.175 e. The van der Waals surface area contributed by atoms with E-state index in [4.69, 9.17) is 32.7 Å². The number of likely N-dealkylation sites (tertiary alicyclic amines) is 1. The number of nitrogens with one attached hydrogen (secondary N) is 1. The molecule has 3 rings (SSSR count). The van der Waals surface area contributed by atoms with Crippen LogP contribution in [0, 0.1) is 0 Å². The van der Waals surface area contributed by atoms with Crippen molar-refractivity contribution in [2.75, 3.05) is 45.6 Å². The molecule has 2 aromatic carbocycles. The first-order valence-corrected chi connectivity index (χ1v) is 14.1. The highest BCUT2D eigenvalue weighted by atomic mass is 35.5. The molecule has 1 aliphatic heterocycles. The lowest BCUT2D eigenvalue weighted by Crippen LogP contribution is -2.47. The summed E-state index contributed by atoms with van der Waals surface area (Å²) in [7, 11) is -3.25. The Kier molecular flexibility index (Phi) is 10.5. The fourth-order valence-corrected chi connectivity index (χ4v) is 4.69. The number of hydrogen-bond acceptors (Lipinski definition) is 8. The first-order chi connectivity index (χ1) is 16.6. The van der Waals surface area contributed by atoms with Gasteiger partial charge in [-0.2, -0.15) is 0 Å². The molecule has 0 bridgehead atoms. The van der Waals surface area contributed by atoms with Gasteiger partial charge in [-0.25, -0.2) is 8.42 Å². The summed E-state index contributed by atoms with van der Waals surface area (Å²) in [6, 6.07) is 11.4. The van der Waals surface area contributed by atoms with Crippen molar-refractivity contribution in [3.63, 3.8) is 0 Å². The Labute approximate surface area is 216 Å². The van der Waals surface area contributed by atoms with E-state index in [1.807, 2.05) is 0 Å². The number of β-amino-alcohol motifs (C(OH)–C–C–N with tert-alkyl or cyclic N) is 1. The number of sulfone groups is 1. The maximum absolute atomic E-state index is 11.5. The van der Waals surface area contributed by atoms with Crippen LogP contribution < -0.4 is 14.8 Å². The van der Waals surface area contributed by atoms with Gasteiger partial charge in [-0.05, 0) is 62.3 Å². The summed E-state index contributed by atoms with van der Waals surface area (Å²) >= 11 is 11.9. The maximum atomic E-state index is 11.5. The molecule has 1 heterocycles. The normalized spacial score (nSPS) is 17.2. The minimum absolute atomic E-state index is 0.106. The van der Waals surface area contributed by atoms with Gasteiger partial charge in [0.05, 0.1) is 14.9 Å². The molecule has 1 aliphatic rings. The highest BCUT2D eigenvalue weighted by Gasteiger charge is 2.22. The first-order valence-electron chi connectivity index (χ1n) is 11.4. The van der Waals surface area contributed by atoms with Gasteiger partial charge in [0.25, 0.3) is 0 Å². The monoisotopic (exact) mass is 546 g/mol. The summed E-state index contributed by atoms with van der Waals surface area (Å²) in [4.78, 5) is 2.42. The van der Waals surface area contributed by atoms with E-state index in [0.29, 0.717) is 34.6 Å². The summed E-state index contributed by atoms with van der Waals surface area (Å²) in [5, 5.41) is 24.8. The number of halogens is 2. The van der Waals surface area contributed by atoms with Gasteiger partial charge in [-0.3, -0.25) is 0 Å². The number of aliphatic hydroxyl groups is 2. The molecule has 0 aliphatic carbocycles. The van der Waals surface area contributed by atoms with Crippen molar-refractivity contribution in [2.45, 2.75) is 36.0 Å². The molecule has 0 spiro atoms. The molecule has 0 radical (unpaired) electrons. The molecule has 0 amide bonds. The smallest absolute Gasteiger partial charge is 0.175 e. The number of ether oxygens (including phenoxy) is 2. The Morgan fingerprint density at radius 1 is 0.971 bits per heavy atom. The van der Waals surface area contributed by atoms with Crippen LogP contribution in [-0.2, 0) is 9.84 Å². The van der Waals surface area contributed by atoms with Crippen LogP contribution in [0.1, 0.15) is 12.8 Å². The quantitative estimate of drug-likeness (QED) is 0.372. The average molecular weight is 548 g/mol. The number of aliphatic hydroxyl groups excluding tert-OH is 2. The summed E-state index contributed by atoms with van der Waals surface area (Å²) in [6.45, 7) is 2.85. The van der Waals surface area contributed by atoms with E-state index >= 15 is 0 Å². The summed E-state index contributed by atoms with van der Waals surface area (Å²) < 4.78 is 34.2. The van der Waals surface area contributed by atoms with E-state index in [0.717, 1.165) is 32.2 Å². The van der Waals surface area contributed by atoms with Crippen LogP contribution in [0.4, 0.5) is 0 Å². The van der Waals surface area contributed by atoms with Gasteiger partial charge in [-0.1, -0.05) is 23.2 Å². The van der Waals surface area contributed by atoms with Gasteiger partial charge in [0.1, 0.15) is 36.9 Å². The van der Waals surface area contributed by atoms with Crippen molar-refractivity contribution in [1.82, 2.24) is 10.2 Å². The predicted molar refractivity (Wildman–Crippen MR) is 136 cm³/mol. The van der Waals surface area contributed by atoms with Crippen LogP contribution >= 0.6 is 23.2 Å². The third-order valence-electron chi connectivity index (χ3n) is 5.73. The van der Waals surface area contributed by atoms with Gasteiger partial charge in [0, 0.05) is 31.5 Å². The number of benzene rings is 2. The molecule has 8 nitrogen and oxygen atoms in total. The molecule has 194 valence electrons. The Morgan fingerprint density at radius 3 is 2.20 bits per heavy atom. The lowest BCUT2D eigenvalue weighted by molar-refractivity contribution is 0.0556. The molecular formula is C24H32Cl2N2O6S. The van der Waals surface area contributed by atoms with Gasteiger partial charge in [0.15, 0.2) is 9.84 Å². The molecule has 0 saturated carbocycles. The van der Waals surface area contributed by atoms with Gasteiger partial charge in [0.2, 0.25) is 0 Å². The van der Waals surface area contributed by atoms with Crippen molar-refractivity contribution < 1.29 is 28.1 Å². The van der Waals surface area contributed by atoms with Crippen LogP contribution in [0.5, 0.6) is 11.5 Å². The molecule has 11 heteroatoms. The lowest BCUT2D eigenvalue weighted by Gasteiger charge is -2.33. The zero-order valence-corrected chi connectivity index (χ0v) is 21.9. The summed E-state index contributed by atoms with van der Waals surface area (Å²) in [5.41, 5.74) is 0. The highest BCUT2D eigenvalue weighted by molar-refractivity contribution is 7.90. The summed E-state index contributed by atoms with van der Waals surface area (Å²) in [6.07, 6.45) is 1.64. The topological polar surface area (TPSA) is 108 Å². The fraction of sp³-hybridized carbons (Fsp3) is 0.500. The predicted octanol–water partition coefficient (Wildman–Crippen LogP) is 2.63. The number of hydrogen-bond donors (Lipinski definition) is 3. The highest BCUT2D eigenvalue weighted by Crippen LogP contribution is 2.26. The third kappa shape index (κ3) is 9.42. The van der Waals surface area contributed by atoms with Crippen LogP contribution in [0.2, 0.25) is 10.0 Å². The second-order valence-electron chi connectivity index (χ2n) is 8.73. The van der Waals surface area contributed by atoms with E-state index in [2.05, 4.69) is 10.2 Å². The molecule has 0 unspecified atom stereocenters. The van der Waals surface area contributed by atoms with Crippen LogP contribution in [0.15, 0.2) is 47.4 Å². The molecule has 1 saturated heterocycles. The molecule has 2 aromatic rings. The number of rotatable bonds is 12. The van der Waals surface area contributed by atoms with Crippen molar-refractivity contribution in [1.29, 1.82) is 0 Å². The Balaban J connectivity index is 1.29. The minimum atomic E-state index is -3.25. The fourth-order valence-electron chi connectivity index (χ4n) is 3.77. The Morgan fingerprint density at radius 2 is 1.57 bits per heavy atom. The number of nitrogens with zero attached hydrogens (tertiary/aromatic N) is 1. The van der Waals surface area contributed by atoms with E-state index < -0.39 is 22.0 Å². The molecule has 1 fully saturated rings. The van der Waals surface area contributed by atoms with E-state index in [1.165, 1.54) is 12.1 Å². The second-order valence-corrected chi connectivity index (χ2v) is 11.6. The van der Waals surface area contributed by atoms with Crippen molar-refractivity contribution in [2.24, 2.45) is 0 Å². The molecule has 0 aromatic heterocycles. The zero-order chi connectivity index (χ0) is 25.4. The van der Waals surface area contributed by atoms with Crippen LogP contribution in [-0.4, -0.2) is 87.4 Å². The second kappa shape index (κ2) is 13.1. The minimum Gasteiger partial charge on any atom is -0.491 e. The first kappa shape index (κ1) is 28.0. The van der Waals surface area contributed by atoms with E-state index in [9.17, 15) is 18.6 Å². The summed E-state index contributed by atoms with van der Waals surface area (Å²) in [5.74, 6) is 1.07. The molecular weight excluding hydrogens is 515 g/mol. The van der Waals surface area contributed by atoms with E-state index in [-0.39, 0.29) is 24.2 Å². The SMILES string of the molecule is CS(=O)(=O)c1ccc(OC[C@@H](O)CNC2CCN(C[C@H](O)COc3ccc(Cl)c(Cl)c3)CC2)cc1.